The molecule has 18 heavy (non-hydrogen) atoms. The van der Waals surface area contributed by atoms with Crippen LogP contribution in [-0.2, 0) is 11.8 Å². The molecule has 4 atom stereocenters. The van der Waals surface area contributed by atoms with Gasteiger partial charge in [0.1, 0.15) is 6.10 Å². The third kappa shape index (κ3) is 1.01. The number of ether oxygens (including phenoxy) is 1. The predicted octanol–water partition coefficient (Wildman–Crippen LogP) is 1.96. The monoisotopic (exact) mass is 245 g/mol. The van der Waals surface area contributed by atoms with Crippen LogP contribution in [0.4, 0.5) is 0 Å². The fraction of sp³-hybridized carbons (Fsp3) is 0.600. The van der Waals surface area contributed by atoms with Crippen LogP contribution in [0, 0.1) is 5.92 Å². The third-order valence-corrected chi connectivity index (χ3v) is 5.51. The Kier molecular flexibility index (Phi) is 1.90. The average molecular weight is 245 g/mol. The van der Waals surface area contributed by atoms with Crippen molar-refractivity contribution in [3.05, 3.63) is 23.3 Å². The van der Waals surface area contributed by atoms with Crippen LogP contribution in [0.15, 0.2) is 12.1 Å². The van der Waals surface area contributed by atoms with Crippen LogP contribution in [0.5, 0.6) is 11.5 Å². The lowest BCUT2D eigenvalue weighted by Gasteiger charge is -2.50. The largest absolute Gasteiger partial charge is 0.504 e. The maximum Gasteiger partial charge on any atom is 0.165 e. The summed E-state index contributed by atoms with van der Waals surface area (Å²) in [6.45, 7) is 5.55. The second-order valence-corrected chi connectivity index (χ2v) is 6.05. The molecular weight excluding hydrogens is 226 g/mol. The molecule has 2 N–H and O–H groups in total. The summed E-state index contributed by atoms with van der Waals surface area (Å²) in [5, 5.41) is 13.7. The first-order chi connectivity index (χ1) is 8.64. The molecule has 96 valence electrons. The van der Waals surface area contributed by atoms with E-state index in [4.69, 9.17) is 4.74 Å². The molecule has 0 saturated carbocycles. The summed E-state index contributed by atoms with van der Waals surface area (Å²) in [5.74, 6) is 1.63. The second kappa shape index (κ2) is 3.21. The predicted molar refractivity (Wildman–Crippen MR) is 69.2 cm³/mol. The van der Waals surface area contributed by atoms with Gasteiger partial charge in [-0.15, -0.1) is 0 Å². The molecule has 3 heteroatoms. The average Bonchev–Trinajstić information content (AvgIpc) is 2.62. The standard InChI is InChI=1S/C15H19NO2/c1-8-11-7-10-3-4-12(17)14-13(10)15(8,5-6-16-11)9(2)18-14/h3-4,8-9,11,16-17H,5-7H2,1-2H3. The molecule has 2 bridgehead atoms. The van der Waals surface area contributed by atoms with Gasteiger partial charge in [-0.3, -0.25) is 0 Å². The molecule has 4 rings (SSSR count). The van der Waals surface area contributed by atoms with Crippen LogP contribution in [0.2, 0.25) is 0 Å². The Hall–Kier alpha value is -1.22. The van der Waals surface area contributed by atoms with Gasteiger partial charge in [-0.05, 0) is 43.9 Å². The minimum Gasteiger partial charge on any atom is -0.504 e. The van der Waals surface area contributed by atoms with Crippen LogP contribution in [0.3, 0.4) is 0 Å². The van der Waals surface area contributed by atoms with Crippen LogP contribution in [0.1, 0.15) is 31.4 Å². The topological polar surface area (TPSA) is 41.5 Å². The lowest BCUT2D eigenvalue weighted by atomic mass is 9.57. The number of hydrogen-bond acceptors (Lipinski definition) is 3. The number of rotatable bonds is 0. The lowest BCUT2D eigenvalue weighted by molar-refractivity contribution is 0.0601. The van der Waals surface area contributed by atoms with Crippen molar-refractivity contribution in [1.29, 1.82) is 0 Å². The highest BCUT2D eigenvalue weighted by Crippen LogP contribution is 2.58. The summed E-state index contributed by atoms with van der Waals surface area (Å²) in [4.78, 5) is 0. The van der Waals surface area contributed by atoms with Crippen LogP contribution in [0.25, 0.3) is 0 Å². The van der Waals surface area contributed by atoms with Gasteiger partial charge in [-0.2, -0.15) is 0 Å². The number of phenolic OH excluding ortho intramolecular Hbond substituents is 1. The molecule has 4 unspecified atom stereocenters. The van der Waals surface area contributed by atoms with Crippen molar-refractivity contribution in [2.75, 3.05) is 6.54 Å². The fourth-order valence-electron chi connectivity index (χ4n) is 4.54. The Labute approximate surface area is 107 Å². The van der Waals surface area contributed by atoms with Crippen molar-refractivity contribution in [3.8, 4) is 11.5 Å². The molecule has 3 aliphatic rings. The van der Waals surface area contributed by atoms with E-state index in [1.807, 2.05) is 0 Å². The van der Waals surface area contributed by atoms with Gasteiger partial charge in [0.05, 0.1) is 0 Å². The molecule has 1 saturated heterocycles. The number of piperidine rings is 1. The van der Waals surface area contributed by atoms with E-state index < -0.39 is 0 Å². The molecule has 1 aliphatic carbocycles. The molecule has 3 nitrogen and oxygen atoms in total. The summed E-state index contributed by atoms with van der Waals surface area (Å²) < 4.78 is 6.03. The van der Waals surface area contributed by atoms with Crippen LogP contribution in [-0.4, -0.2) is 23.8 Å². The Bertz CT molecular complexity index is 527. The van der Waals surface area contributed by atoms with E-state index in [1.165, 1.54) is 11.1 Å². The quantitative estimate of drug-likeness (QED) is 0.734. The molecule has 1 fully saturated rings. The minimum absolute atomic E-state index is 0.109. The van der Waals surface area contributed by atoms with Gasteiger partial charge in [0.25, 0.3) is 0 Å². The number of benzene rings is 1. The highest BCUT2D eigenvalue weighted by atomic mass is 16.5. The van der Waals surface area contributed by atoms with Crippen molar-refractivity contribution in [1.82, 2.24) is 5.32 Å². The molecule has 0 amide bonds. The number of fused-ring (bicyclic) bond motifs is 1. The number of nitrogens with one attached hydrogen (secondary N) is 1. The Balaban J connectivity index is 2.04. The van der Waals surface area contributed by atoms with Crippen molar-refractivity contribution in [2.24, 2.45) is 5.92 Å². The Morgan fingerprint density at radius 3 is 3.06 bits per heavy atom. The normalized spacial score (nSPS) is 40.2. The molecule has 0 radical (unpaired) electrons. The summed E-state index contributed by atoms with van der Waals surface area (Å²) in [6.07, 6.45) is 2.33. The number of phenols is 1. The highest BCUT2D eigenvalue weighted by Gasteiger charge is 2.57. The summed E-state index contributed by atoms with van der Waals surface area (Å²) >= 11 is 0. The molecule has 1 aromatic rings. The van der Waals surface area contributed by atoms with E-state index in [-0.39, 0.29) is 11.5 Å². The van der Waals surface area contributed by atoms with Gasteiger partial charge >= 0.3 is 0 Å². The fourth-order valence-corrected chi connectivity index (χ4v) is 4.54. The van der Waals surface area contributed by atoms with Crippen LogP contribution < -0.4 is 10.1 Å². The minimum atomic E-state index is 0.109. The first kappa shape index (κ1) is 10.7. The molecule has 2 heterocycles. The summed E-state index contributed by atoms with van der Waals surface area (Å²) in [5.41, 5.74) is 2.78. The summed E-state index contributed by atoms with van der Waals surface area (Å²) in [6, 6.07) is 4.41. The Morgan fingerprint density at radius 2 is 2.22 bits per heavy atom. The maximum absolute atomic E-state index is 10.1. The number of hydrogen-bond donors (Lipinski definition) is 2. The zero-order chi connectivity index (χ0) is 12.5. The van der Waals surface area contributed by atoms with Gasteiger partial charge in [-0.1, -0.05) is 13.0 Å². The first-order valence-electron chi connectivity index (χ1n) is 6.90. The van der Waals surface area contributed by atoms with Crippen LogP contribution >= 0.6 is 0 Å². The van der Waals surface area contributed by atoms with Gasteiger partial charge in [-0.25, -0.2) is 0 Å². The van der Waals surface area contributed by atoms with E-state index in [0.717, 1.165) is 25.1 Å². The van der Waals surface area contributed by atoms with Crippen molar-refractivity contribution < 1.29 is 9.84 Å². The lowest BCUT2D eigenvalue weighted by Crippen LogP contribution is -2.60. The van der Waals surface area contributed by atoms with Crippen molar-refractivity contribution in [3.63, 3.8) is 0 Å². The van der Waals surface area contributed by atoms with E-state index in [1.54, 1.807) is 6.07 Å². The van der Waals surface area contributed by atoms with Gasteiger partial charge in [0.2, 0.25) is 0 Å². The van der Waals surface area contributed by atoms with E-state index in [0.29, 0.717) is 17.7 Å². The smallest absolute Gasteiger partial charge is 0.165 e. The van der Waals surface area contributed by atoms with Gasteiger partial charge in [0.15, 0.2) is 11.5 Å². The highest BCUT2D eigenvalue weighted by molar-refractivity contribution is 5.59. The Morgan fingerprint density at radius 1 is 1.39 bits per heavy atom. The molecule has 2 aliphatic heterocycles. The third-order valence-electron chi connectivity index (χ3n) is 5.51. The maximum atomic E-state index is 10.1. The van der Waals surface area contributed by atoms with Gasteiger partial charge < -0.3 is 15.2 Å². The van der Waals surface area contributed by atoms with Crippen molar-refractivity contribution in [2.45, 2.75) is 44.2 Å². The van der Waals surface area contributed by atoms with Crippen molar-refractivity contribution >= 4 is 0 Å². The van der Waals surface area contributed by atoms with E-state index in [2.05, 4.69) is 25.2 Å². The zero-order valence-corrected chi connectivity index (χ0v) is 10.9. The molecular formula is C15H19NO2. The summed E-state index contributed by atoms with van der Waals surface area (Å²) in [7, 11) is 0. The second-order valence-electron chi connectivity index (χ2n) is 6.05. The molecule has 0 aromatic heterocycles. The van der Waals surface area contributed by atoms with E-state index >= 15 is 0 Å². The SMILES string of the molecule is CC1Oc2c(O)ccc3c2C12CCNC(C3)C2C. The van der Waals surface area contributed by atoms with E-state index in [9.17, 15) is 5.11 Å². The number of aromatic hydroxyl groups is 1. The first-order valence-corrected chi connectivity index (χ1v) is 6.90. The zero-order valence-electron chi connectivity index (χ0n) is 10.9. The molecule has 1 aromatic carbocycles. The molecule has 1 spiro atoms. The van der Waals surface area contributed by atoms with Gasteiger partial charge in [0, 0.05) is 17.0 Å².